The van der Waals surface area contributed by atoms with E-state index >= 15 is 0 Å². The van der Waals surface area contributed by atoms with Crippen LogP contribution in [0.5, 0.6) is 0 Å². The van der Waals surface area contributed by atoms with E-state index in [-0.39, 0.29) is 17.5 Å². The highest BCUT2D eigenvalue weighted by atomic mass is 19.1. The van der Waals surface area contributed by atoms with E-state index in [0.29, 0.717) is 5.56 Å². The van der Waals surface area contributed by atoms with Gasteiger partial charge in [-0.1, -0.05) is 39.2 Å². The van der Waals surface area contributed by atoms with Gasteiger partial charge in [0.25, 0.3) is 0 Å². The van der Waals surface area contributed by atoms with Crippen LogP contribution in [0.25, 0.3) is 0 Å². The van der Waals surface area contributed by atoms with Gasteiger partial charge in [0.2, 0.25) is 0 Å². The van der Waals surface area contributed by atoms with E-state index in [0.717, 1.165) is 25.7 Å². The first-order chi connectivity index (χ1) is 9.06. The normalized spacial score (nSPS) is 14.4. The predicted octanol–water partition coefficient (Wildman–Crippen LogP) is 4.75. The summed E-state index contributed by atoms with van der Waals surface area (Å²) in [4.78, 5) is 0. The van der Waals surface area contributed by atoms with Crippen molar-refractivity contribution < 1.29 is 8.78 Å². The van der Waals surface area contributed by atoms with Gasteiger partial charge in [-0.25, -0.2) is 8.78 Å². The molecule has 108 valence electrons. The summed E-state index contributed by atoms with van der Waals surface area (Å²) in [5.41, 5.74) is 0.701. The van der Waals surface area contributed by atoms with E-state index in [2.05, 4.69) is 19.2 Å². The number of rotatable bonds is 7. The van der Waals surface area contributed by atoms with Crippen molar-refractivity contribution in [3.63, 3.8) is 0 Å². The molecule has 0 aliphatic heterocycles. The molecule has 1 aromatic rings. The molecular weight excluding hydrogens is 244 g/mol. The molecule has 0 bridgehead atoms. The van der Waals surface area contributed by atoms with Crippen LogP contribution < -0.4 is 5.32 Å². The van der Waals surface area contributed by atoms with Gasteiger partial charge in [0.1, 0.15) is 11.6 Å². The molecule has 0 heterocycles. The molecule has 0 amide bonds. The zero-order valence-corrected chi connectivity index (χ0v) is 12.4. The maximum atomic E-state index is 14.2. The number of hydrogen-bond donors (Lipinski definition) is 1. The van der Waals surface area contributed by atoms with Crippen molar-refractivity contribution in [1.82, 2.24) is 5.32 Å². The lowest BCUT2D eigenvalue weighted by molar-refractivity contribution is 0.321. The summed E-state index contributed by atoms with van der Waals surface area (Å²) in [5, 5.41) is 3.11. The second kappa shape index (κ2) is 7.59. The number of unbranched alkanes of at least 4 members (excludes halogenated alkanes) is 1. The first kappa shape index (κ1) is 16.1. The Balaban J connectivity index is 3.11. The molecule has 0 fully saturated rings. The Labute approximate surface area is 115 Å². The molecule has 0 aromatic heterocycles. The first-order valence-electron chi connectivity index (χ1n) is 7.18. The van der Waals surface area contributed by atoms with Crippen molar-refractivity contribution in [2.24, 2.45) is 5.92 Å². The Kier molecular flexibility index (Phi) is 6.43. The minimum atomic E-state index is -0.447. The average molecular weight is 269 g/mol. The lowest BCUT2D eigenvalue weighted by Crippen LogP contribution is -2.27. The van der Waals surface area contributed by atoms with Gasteiger partial charge >= 0.3 is 0 Å². The molecule has 19 heavy (non-hydrogen) atoms. The van der Waals surface area contributed by atoms with Crippen LogP contribution in [-0.2, 0) is 0 Å². The van der Waals surface area contributed by atoms with Crippen LogP contribution in [0.15, 0.2) is 12.1 Å². The van der Waals surface area contributed by atoms with Crippen LogP contribution in [-0.4, -0.2) is 7.05 Å². The Morgan fingerprint density at radius 2 is 1.89 bits per heavy atom. The molecule has 0 spiro atoms. The van der Waals surface area contributed by atoms with Crippen molar-refractivity contribution in [3.05, 3.63) is 34.9 Å². The number of benzene rings is 1. The molecule has 0 saturated carbocycles. The van der Waals surface area contributed by atoms with Crippen LogP contribution in [0.1, 0.15) is 56.7 Å². The summed E-state index contributed by atoms with van der Waals surface area (Å²) in [6, 6.07) is 2.61. The molecule has 2 atom stereocenters. The third-order valence-electron chi connectivity index (χ3n) is 3.87. The zero-order chi connectivity index (χ0) is 14.4. The summed E-state index contributed by atoms with van der Waals surface area (Å²) < 4.78 is 28.2. The second-order valence-corrected chi connectivity index (χ2v) is 5.17. The van der Waals surface area contributed by atoms with Gasteiger partial charge in [-0.15, -0.1) is 0 Å². The number of nitrogens with one attached hydrogen (secondary N) is 1. The van der Waals surface area contributed by atoms with Gasteiger partial charge in [-0.05, 0) is 37.9 Å². The third kappa shape index (κ3) is 3.75. The molecule has 2 unspecified atom stereocenters. The van der Waals surface area contributed by atoms with Crippen LogP contribution >= 0.6 is 0 Å². The molecule has 3 heteroatoms. The van der Waals surface area contributed by atoms with Crippen LogP contribution in [0.3, 0.4) is 0 Å². The first-order valence-corrected chi connectivity index (χ1v) is 7.18. The van der Waals surface area contributed by atoms with E-state index in [1.54, 1.807) is 14.0 Å². The van der Waals surface area contributed by atoms with E-state index in [1.807, 2.05) is 0 Å². The third-order valence-corrected chi connectivity index (χ3v) is 3.87. The molecular formula is C16H25F2N. The van der Waals surface area contributed by atoms with E-state index in [1.165, 1.54) is 12.1 Å². The monoisotopic (exact) mass is 269 g/mol. The topological polar surface area (TPSA) is 12.0 Å². The van der Waals surface area contributed by atoms with E-state index < -0.39 is 11.6 Å². The Bertz CT molecular complexity index is 404. The van der Waals surface area contributed by atoms with Crippen LogP contribution in [0.4, 0.5) is 8.78 Å². The van der Waals surface area contributed by atoms with Gasteiger partial charge in [0.15, 0.2) is 0 Å². The fourth-order valence-electron chi connectivity index (χ4n) is 2.65. The fourth-order valence-corrected chi connectivity index (χ4v) is 2.65. The summed E-state index contributed by atoms with van der Waals surface area (Å²) >= 11 is 0. The molecule has 0 radical (unpaired) electrons. The summed E-state index contributed by atoms with van der Waals surface area (Å²) in [5.74, 6) is -0.595. The molecule has 1 rings (SSSR count). The summed E-state index contributed by atoms with van der Waals surface area (Å²) in [6.45, 7) is 5.89. The predicted molar refractivity (Wildman–Crippen MR) is 76.2 cm³/mol. The molecule has 0 saturated heterocycles. The van der Waals surface area contributed by atoms with Crippen molar-refractivity contribution in [2.75, 3.05) is 7.05 Å². The van der Waals surface area contributed by atoms with Crippen LogP contribution in [0, 0.1) is 24.5 Å². The standard InChI is InChI=1S/C16H25F2N/c1-5-7-8-12(6-2)16(19-4)14-13(17)10-9-11(3)15(14)18/h9-10,12,16,19H,5-8H2,1-4H3. The number of hydrogen-bond acceptors (Lipinski definition) is 1. The minimum absolute atomic E-state index is 0.199. The van der Waals surface area contributed by atoms with Crippen molar-refractivity contribution in [2.45, 2.75) is 52.5 Å². The Morgan fingerprint density at radius 3 is 2.42 bits per heavy atom. The molecule has 1 aromatic carbocycles. The van der Waals surface area contributed by atoms with Gasteiger partial charge in [-0.3, -0.25) is 0 Å². The highest BCUT2D eigenvalue weighted by Gasteiger charge is 2.26. The van der Waals surface area contributed by atoms with Gasteiger partial charge in [0, 0.05) is 11.6 Å². The number of halogens is 2. The van der Waals surface area contributed by atoms with Crippen molar-refractivity contribution in [3.8, 4) is 0 Å². The van der Waals surface area contributed by atoms with E-state index in [9.17, 15) is 8.78 Å². The zero-order valence-electron chi connectivity index (χ0n) is 12.4. The maximum absolute atomic E-state index is 14.2. The van der Waals surface area contributed by atoms with Gasteiger partial charge in [0.05, 0.1) is 0 Å². The van der Waals surface area contributed by atoms with Gasteiger partial charge in [-0.2, -0.15) is 0 Å². The summed E-state index contributed by atoms with van der Waals surface area (Å²) in [6.07, 6.45) is 4.10. The molecule has 0 aliphatic rings. The van der Waals surface area contributed by atoms with Crippen molar-refractivity contribution in [1.29, 1.82) is 0 Å². The quantitative estimate of drug-likeness (QED) is 0.753. The summed E-state index contributed by atoms with van der Waals surface area (Å²) in [7, 11) is 1.78. The van der Waals surface area contributed by atoms with Crippen LogP contribution in [0.2, 0.25) is 0 Å². The van der Waals surface area contributed by atoms with Gasteiger partial charge < -0.3 is 5.32 Å². The number of aryl methyl sites for hydroxylation is 1. The Hall–Kier alpha value is -0.960. The van der Waals surface area contributed by atoms with E-state index in [4.69, 9.17) is 0 Å². The largest absolute Gasteiger partial charge is 0.313 e. The highest BCUT2D eigenvalue weighted by molar-refractivity contribution is 5.29. The fraction of sp³-hybridized carbons (Fsp3) is 0.625. The van der Waals surface area contributed by atoms with Crippen molar-refractivity contribution >= 4 is 0 Å². The lowest BCUT2D eigenvalue weighted by atomic mass is 9.86. The molecule has 0 aliphatic carbocycles. The Morgan fingerprint density at radius 1 is 1.21 bits per heavy atom. The lowest BCUT2D eigenvalue weighted by Gasteiger charge is -2.27. The SMILES string of the molecule is CCCCC(CC)C(NC)c1c(F)ccc(C)c1F. The molecule has 1 N–H and O–H groups in total. The average Bonchev–Trinajstić information content (AvgIpc) is 2.41. The maximum Gasteiger partial charge on any atom is 0.133 e. The second-order valence-electron chi connectivity index (χ2n) is 5.17. The highest BCUT2D eigenvalue weighted by Crippen LogP contribution is 2.32. The molecule has 1 nitrogen and oxygen atoms in total. The minimum Gasteiger partial charge on any atom is -0.313 e. The smallest absolute Gasteiger partial charge is 0.133 e.